The van der Waals surface area contributed by atoms with Crippen LogP contribution >= 0.6 is 34.2 Å². The maximum absolute atomic E-state index is 6.16. The minimum absolute atomic E-state index is 0.244. The van der Waals surface area contributed by atoms with E-state index in [1.54, 1.807) is 0 Å². The molecular formula is C10H11ClINO. The van der Waals surface area contributed by atoms with Gasteiger partial charge in [0.05, 0.1) is 19.3 Å². The minimum Gasteiger partial charge on any atom is -0.378 e. The van der Waals surface area contributed by atoms with Crippen molar-refractivity contribution in [1.82, 2.24) is 5.32 Å². The largest absolute Gasteiger partial charge is 0.378 e. The summed E-state index contributed by atoms with van der Waals surface area (Å²) in [6, 6.07) is 6.36. The van der Waals surface area contributed by atoms with E-state index in [-0.39, 0.29) is 6.04 Å². The Labute approximate surface area is 102 Å². The van der Waals surface area contributed by atoms with Crippen LogP contribution in [0.4, 0.5) is 0 Å². The molecule has 0 unspecified atom stereocenters. The molecule has 0 radical (unpaired) electrons. The second kappa shape index (κ2) is 4.79. The molecule has 0 bridgehead atoms. The van der Waals surface area contributed by atoms with Gasteiger partial charge in [-0.1, -0.05) is 17.7 Å². The molecule has 0 amide bonds. The third kappa shape index (κ3) is 2.39. The Balaban J connectivity index is 2.22. The van der Waals surface area contributed by atoms with Crippen LogP contribution in [0.2, 0.25) is 5.02 Å². The first kappa shape index (κ1) is 10.7. The number of ether oxygens (including phenoxy) is 1. The first-order chi connectivity index (χ1) is 6.77. The topological polar surface area (TPSA) is 21.3 Å². The molecule has 0 aliphatic carbocycles. The molecule has 0 saturated carbocycles. The molecule has 1 N–H and O–H groups in total. The highest BCUT2D eigenvalue weighted by Crippen LogP contribution is 2.26. The second-order valence-corrected chi connectivity index (χ2v) is 4.90. The highest BCUT2D eigenvalue weighted by Gasteiger charge is 2.17. The molecule has 1 heterocycles. The standard InChI is InChI=1S/C10H11ClINO/c11-9-5-7(12)1-2-8(9)10-6-14-4-3-13-10/h1-2,5,10,13H,3-4,6H2/t10-/m1/s1. The van der Waals surface area contributed by atoms with Crippen LogP contribution < -0.4 is 5.32 Å². The Bertz CT molecular complexity index is 326. The summed E-state index contributed by atoms with van der Waals surface area (Å²) in [5.41, 5.74) is 1.13. The summed E-state index contributed by atoms with van der Waals surface area (Å²) in [4.78, 5) is 0. The van der Waals surface area contributed by atoms with Gasteiger partial charge >= 0.3 is 0 Å². The lowest BCUT2D eigenvalue weighted by Crippen LogP contribution is -2.34. The van der Waals surface area contributed by atoms with Crippen molar-refractivity contribution in [2.45, 2.75) is 6.04 Å². The van der Waals surface area contributed by atoms with Crippen molar-refractivity contribution in [2.24, 2.45) is 0 Å². The Morgan fingerprint density at radius 2 is 2.36 bits per heavy atom. The highest BCUT2D eigenvalue weighted by atomic mass is 127. The average molecular weight is 324 g/mol. The maximum atomic E-state index is 6.16. The van der Waals surface area contributed by atoms with Crippen molar-refractivity contribution in [2.75, 3.05) is 19.8 Å². The first-order valence-corrected chi connectivity index (χ1v) is 5.99. The molecule has 76 valence electrons. The maximum Gasteiger partial charge on any atom is 0.0662 e. The van der Waals surface area contributed by atoms with Gasteiger partial charge in [0, 0.05) is 15.1 Å². The van der Waals surface area contributed by atoms with Crippen LogP contribution in [0.15, 0.2) is 18.2 Å². The summed E-state index contributed by atoms with van der Waals surface area (Å²) >= 11 is 8.42. The van der Waals surface area contributed by atoms with E-state index in [1.165, 1.54) is 0 Å². The summed E-state index contributed by atoms with van der Waals surface area (Å²) in [7, 11) is 0. The SMILES string of the molecule is Clc1cc(I)ccc1[C@H]1COCCN1. The van der Waals surface area contributed by atoms with E-state index in [9.17, 15) is 0 Å². The smallest absolute Gasteiger partial charge is 0.0662 e. The van der Waals surface area contributed by atoms with Crippen LogP contribution in [-0.2, 0) is 4.74 Å². The van der Waals surface area contributed by atoms with E-state index in [1.807, 2.05) is 6.07 Å². The summed E-state index contributed by atoms with van der Waals surface area (Å²) in [6.07, 6.45) is 0. The fraction of sp³-hybridized carbons (Fsp3) is 0.400. The van der Waals surface area contributed by atoms with E-state index in [4.69, 9.17) is 16.3 Å². The molecule has 1 aromatic rings. The molecule has 1 fully saturated rings. The summed E-state index contributed by atoms with van der Waals surface area (Å²) in [6.45, 7) is 2.39. The molecule has 14 heavy (non-hydrogen) atoms. The van der Waals surface area contributed by atoms with Gasteiger partial charge in [-0.05, 0) is 40.3 Å². The van der Waals surface area contributed by atoms with Crippen molar-refractivity contribution in [1.29, 1.82) is 0 Å². The first-order valence-electron chi connectivity index (χ1n) is 4.53. The van der Waals surface area contributed by atoms with Crippen molar-refractivity contribution in [3.05, 3.63) is 32.4 Å². The van der Waals surface area contributed by atoms with Gasteiger partial charge in [0.1, 0.15) is 0 Å². The van der Waals surface area contributed by atoms with Gasteiger partial charge in [0.15, 0.2) is 0 Å². The molecule has 2 nitrogen and oxygen atoms in total. The van der Waals surface area contributed by atoms with Crippen LogP contribution in [0.5, 0.6) is 0 Å². The molecule has 1 saturated heterocycles. The van der Waals surface area contributed by atoms with Crippen molar-refractivity contribution < 1.29 is 4.74 Å². The molecule has 1 aliphatic heterocycles. The van der Waals surface area contributed by atoms with E-state index >= 15 is 0 Å². The molecule has 1 atom stereocenters. The van der Waals surface area contributed by atoms with Gasteiger partial charge in [-0.2, -0.15) is 0 Å². The van der Waals surface area contributed by atoms with Crippen LogP contribution in [-0.4, -0.2) is 19.8 Å². The second-order valence-electron chi connectivity index (χ2n) is 3.25. The number of hydrogen-bond acceptors (Lipinski definition) is 2. The van der Waals surface area contributed by atoms with Gasteiger partial charge < -0.3 is 10.1 Å². The lowest BCUT2D eigenvalue weighted by Gasteiger charge is -2.24. The van der Waals surface area contributed by atoms with E-state index in [0.717, 1.165) is 27.3 Å². The van der Waals surface area contributed by atoms with Crippen LogP contribution in [0.25, 0.3) is 0 Å². The third-order valence-electron chi connectivity index (χ3n) is 2.26. The molecule has 2 rings (SSSR count). The van der Waals surface area contributed by atoms with Crippen molar-refractivity contribution in [3.8, 4) is 0 Å². The van der Waals surface area contributed by atoms with Gasteiger partial charge in [0.2, 0.25) is 0 Å². The molecule has 0 spiro atoms. The van der Waals surface area contributed by atoms with E-state index < -0.39 is 0 Å². The molecule has 1 aromatic carbocycles. The zero-order chi connectivity index (χ0) is 9.97. The Hall–Kier alpha value is 0.160. The third-order valence-corrected chi connectivity index (χ3v) is 3.26. The molecule has 1 aliphatic rings. The number of hydrogen-bond donors (Lipinski definition) is 1. The van der Waals surface area contributed by atoms with Gasteiger partial charge in [-0.15, -0.1) is 0 Å². The predicted molar refractivity (Wildman–Crippen MR) is 65.7 cm³/mol. The molecule has 0 aromatic heterocycles. The minimum atomic E-state index is 0.244. The Morgan fingerprint density at radius 3 is 3.00 bits per heavy atom. The fourth-order valence-corrected chi connectivity index (χ4v) is 2.54. The van der Waals surface area contributed by atoms with Crippen LogP contribution in [0.1, 0.15) is 11.6 Å². The lowest BCUT2D eigenvalue weighted by atomic mass is 10.1. The number of halogens is 2. The summed E-state index contributed by atoms with van der Waals surface area (Å²) < 4.78 is 6.56. The van der Waals surface area contributed by atoms with E-state index in [0.29, 0.717) is 6.61 Å². The van der Waals surface area contributed by atoms with Crippen molar-refractivity contribution >= 4 is 34.2 Å². The Kier molecular flexibility index (Phi) is 3.65. The summed E-state index contributed by atoms with van der Waals surface area (Å²) in [5, 5.41) is 4.20. The average Bonchev–Trinajstić information content (AvgIpc) is 2.19. The zero-order valence-electron chi connectivity index (χ0n) is 7.59. The highest BCUT2D eigenvalue weighted by molar-refractivity contribution is 14.1. The molecular weight excluding hydrogens is 312 g/mol. The predicted octanol–water partition coefficient (Wildman–Crippen LogP) is 2.61. The van der Waals surface area contributed by atoms with Gasteiger partial charge in [0.25, 0.3) is 0 Å². The Morgan fingerprint density at radius 1 is 1.50 bits per heavy atom. The fourth-order valence-electron chi connectivity index (χ4n) is 1.55. The van der Waals surface area contributed by atoms with Gasteiger partial charge in [-0.3, -0.25) is 0 Å². The lowest BCUT2D eigenvalue weighted by molar-refractivity contribution is 0.0769. The van der Waals surface area contributed by atoms with Crippen LogP contribution in [0, 0.1) is 3.57 Å². The van der Waals surface area contributed by atoms with Gasteiger partial charge in [-0.25, -0.2) is 0 Å². The monoisotopic (exact) mass is 323 g/mol. The molecule has 4 heteroatoms. The number of morpholine rings is 1. The van der Waals surface area contributed by atoms with E-state index in [2.05, 4.69) is 40.0 Å². The van der Waals surface area contributed by atoms with Crippen molar-refractivity contribution in [3.63, 3.8) is 0 Å². The summed E-state index contributed by atoms with van der Waals surface area (Å²) in [5.74, 6) is 0. The number of rotatable bonds is 1. The zero-order valence-corrected chi connectivity index (χ0v) is 10.5. The number of benzene rings is 1. The van der Waals surface area contributed by atoms with Crippen LogP contribution in [0.3, 0.4) is 0 Å². The number of nitrogens with one attached hydrogen (secondary N) is 1. The normalized spacial score (nSPS) is 22.3. The quantitative estimate of drug-likeness (QED) is 0.802.